The summed E-state index contributed by atoms with van der Waals surface area (Å²) in [5, 5.41) is 17.4. The van der Waals surface area contributed by atoms with E-state index in [0.717, 1.165) is 0 Å². The summed E-state index contributed by atoms with van der Waals surface area (Å²) in [5.74, 6) is -4.35. The second-order valence-electron chi connectivity index (χ2n) is 3.23. The molecule has 0 radical (unpaired) electrons. The van der Waals surface area contributed by atoms with E-state index in [9.17, 15) is 13.6 Å². The van der Waals surface area contributed by atoms with Crippen LogP contribution in [0.2, 0.25) is 0 Å². The summed E-state index contributed by atoms with van der Waals surface area (Å²) in [6, 6.07) is 1.31. The molecule has 1 aromatic rings. The molecule has 1 unspecified atom stereocenters. The van der Waals surface area contributed by atoms with Crippen molar-refractivity contribution in [2.24, 2.45) is 0 Å². The summed E-state index contributed by atoms with van der Waals surface area (Å²) in [6.07, 6.45) is -0.877. The topological polar surface area (TPSA) is 66.8 Å². The quantitative estimate of drug-likeness (QED) is 0.823. The number of aliphatic hydroxyl groups is 1. The van der Waals surface area contributed by atoms with Crippen LogP contribution in [-0.4, -0.2) is 28.9 Å². The molecule has 0 saturated carbocycles. The number of hydrogen-bond acceptors (Lipinski definition) is 3. The fourth-order valence-electron chi connectivity index (χ4n) is 1.03. The van der Waals surface area contributed by atoms with Crippen LogP contribution in [0, 0.1) is 11.6 Å². The summed E-state index contributed by atoms with van der Waals surface area (Å²) in [6.45, 7) is 1.11. The van der Waals surface area contributed by atoms with Gasteiger partial charge in [0.05, 0.1) is 11.7 Å². The molecular weight excluding hydrogens is 222 g/mol. The Morgan fingerprint density at radius 3 is 2.31 bits per heavy atom. The minimum atomic E-state index is -1.43. The van der Waals surface area contributed by atoms with Gasteiger partial charge in [-0.1, -0.05) is 0 Å². The summed E-state index contributed by atoms with van der Waals surface area (Å²) in [4.78, 5) is 10.5. The molecular formula is C10H10F2O4. The van der Waals surface area contributed by atoms with Gasteiger partial charge in [-0.3, -0.25) is 0 Å². The Hall–Kier alpha value is -1.69. The number of carboxylic acid groups (broad SMARTS) is 1. The first-order chi connectivity index (χ1) is 7.41. The van der Waals surface area contributed by atoms with Crippen LogP contribution in [-0.2, 0) is 0 Å². The van der Waals surface area contributed by atoms with Crippen molar-refractivity contribution in [1.29, 1.82) is 0 Å². The van der Waals surface area contributed by atoms with Crippen molar-refractivity contribution in [3.8, 4) is 5.75 Å². The van der Waals surface area contributed by atoms with Gasteiger partial charge in [-0.05, 0) is 19.1 Å². The SMILES string of the molecule is CC(O)COc1c(F)cc(C(=O)O)cc1F. The maximum atomic E-state index is 13.2. The van der Waals surface area contributed by atoms with Crippen LogP contribution in [0.25, 0.3) is 0 Å². The third-order valence-corrected chi connectivity index (χ3v) is 1.71. The van der Waals surface area contributed by atoms with Gasteiger partial charge in [-0.25, -0.2) is 13.6 Å². The van der Waals surface area contributed by atoms with E-state index in [4.69, 9.17) is 10.2 Å². The molecule has 88 valence electrons. The number of aromatic carboxylic acids is 1. The number of aliphatic hydroxyl groups excluding tert-OH is 1. The number of hydrogen-bond donors (Lipinski definition) is 2. The van der Waals surface area contributed by atoms with E-state index in [2.05, 4.69) is 4.74 Å². The molecule has 0 bridgehead atoms. The van der Waals surface area contributed by atoms with E-state index in [1.54, 1.807) is 0 Å². The van der Waals surface area contributed by atoms with E-state index in [0.29, 0.717) is 12.1 Å². The van der Waals surface area contributed by atoms with Gasteiger partial charge in [-0.15, -0.1) is 0 Å². The lowest BCUT2D eigenvalue weighted by atomic mass is 10.2. The van der Waals surface area contributed by atoms with Crippen LogP contribution in [0.1, 0.15) is 17.3 Å². The molecule has 0 heterocycles. The molecule has 1 atom stereocenters. The molecule has 1 rings (SSSR count). The second kappa shape index (κ2) is 4.89. The Kier molecular flexibility index (Phi) is 3.78. The fourth-order valence-corrected chi connectivity index (χ4v) is 1.03. The highest BCUT2D eigenvalue weighted by atomic mass is 19.1. The van der Waals surface area contributed by atoms with Crippen molar-refractivity contribution in [1.82, 2.24) is 0 Å². The summed E-state index contributed by atoms with van der Waals surface area (Å²) < 4.78 is 31.1. The lowest BCUT2D eigenvalue weighted by molar-refractivity contribution is 0.0695. The minimum absolute atomic E-state index is 0.278. The molecule has 16 heavy (non-hydrogen) atoms. The molecule has 0 aliphatic heterocycles. The first kappa shape index (κ1) is 12.4. The molecule has 0 saturated heterocycles. The van der Waals surface area contributed by atoms with Gasteiger partial charge in [0.2, 0.25) is 0 Å². The number of rotatable bonds is 4. The number of carboxylic acids is 1. The highest BCUT2D eigenvalue weighted by Gasteiger charge is 2.16. The van der Waals surface area contributed by atoms with Crippen LogP contribution in [0.15, 0.2) is 12.1 Å². The van der Waals surface area contributed by atoms with E-state index >= 15 is 0 Å². The minimum Gasteiger partial charge on any atom is -0.485 e. The highest BCUT2D eigenvalue weighted by molar-refractivity contribution is 5.87. The largest absolute Gasteiger partial charge is 0.485 e. The maximum absolute atomic E-state index is 13.2. The lowest BCUT2D eigenvalue weighted by Crippen LogP contribution is -2.14. The zero-order valence-corrected chi connectivity index (χ0v) is 8.41. The van der Waals surface area contributed by atoms with Gasteiger partial charge in [0.25, 0.3) is 0 Å². The smallest absolute Gasteiger partial charge is 0.335 e. The molecule has 0 spiro atoms. The molecule has 0 aliphatic rings. The molecule has 1 aromatic carbocycles. The highest BCUT2D eigenvalue weighted by Crippen LogP contribution is 2.23. The van der Waals surface area contributed by atoms with Gasteiger partial charge in [0.15, 0.2) is 17.4 Å². The van der Waals surface area contributed by atoms with Gasteiger partial charge >= 0.3 is 5.97 Å². The average molecular weight is 232 g/mol. The van der Waals surface area contributed by atoms with Gasteiger partial charge in [0.1, 0.15) is 6.61 Å². The van der Waals surface area contributed by atoms with Crippen LogP contribution in [0.5, 0.6) is 5.75 Å². The van der Waals surface area contributed by atoms with Gasteiger partial charge in [0, 0.05) is 0 Å². The van der Waals surface area contributed by atoms with Crippen LogP contribution in [0.3, 0.4) is 0 Å². The molecule has 6 heteroatoms. The van der Waals surface area contributed by atoms with E-state index in [1.807, 2.05) is 0 Å². The van der Waals surface area contributed by atoms with Gasteiger partial charge < -0.3 is 14.9 Å². The number of ether oxygens (including phenoxy) is 1. The van der Waals surface area contributed by atoms with Crippen LogP contribution < -0.4 is 4.74 Å². The molecule has 0 aromatic heterocycles. The first-order valence-electron chi connectivity index (χ1n) is 4.45. The first-order valence-corrected chi connectivity index (χ1v) is 4.45. The molecule has 0 fully saturated rings. The zero-order valence-electron chi connectivity index (χ0n) is 8.41. The summed E-state index contributed by atoms with van der Waals surface area (Å²) in [7, 11) is 0. The van der Waals surface area contributed by atoms with E-state index < -0.39 is 35.0 Å². The van der Waals surface area contributed by atoms with E-state index in [1.165, 1.54) is 6.92 Å². The fraction of sp³-hybridized carbons (Fsp3) is 0.300. The predicted octanol–water partition coefficient (Wildman–Crippen LogP) is 1.42. The van der Waals surface area contributed by atoms with Crippen molar-refractivity contribution in [3.05, 3.63) is 29.3 Å². The molecule has 2 N–H and O–H groups in total. The Balaban J connectivity index is 2.98. The number of halogens is 2. The number of carbonyl (C=O) groups is 1. The zero-order chi connectivity index (χ0) is 12.3. The molecule has 4 nitrogen and oxygen atoms in total. The maximum Gasteiger partial charge on any atom is 0.335 e. The van der Waals surface area contributed by atoms with Gasteiger partial charge in [-0.2, -0.15) is 0 Å². The molecule has 0 amide bonds. The van der Waals surface area contributed by atoms with Crippen molar-refractivity contribution in [3.63, 3.8) is 0 Å². The monoisotopic (exact) mass is 232 g/mol. The Morgan fingerprint density at radius 1 is 1.44 bits per heavy atom. The van der Waals surface area contributed by atoms with Crippen LogP contribution in [0.4, 0.5) is 8.78 Å². The van der Waals surface area contributed by atoms with Crippen LogP contribution >= 0.6 is 0 Å². The second-order valence-corrected chi connectivity index (χ2v) is 3.23. The Morgan fingerprint density at radius 2 is 1.94 bits per heavy atom. The normalized spacial score (nSPS) is 12.2. The van der Waals surface area contributed by atoms with Crippen molar-refractivity contribution in [2.75, 3.05) is 6.61 Å². The average Bonchev–Trinajstić information content (AvgIpc) is 2.15. The van der Waals surface area contributed by atoms with Crippen molar-refractivity contribution >= 4 is 5.97 Å². The standard InChI is InChI=1S/C10H10F2O4/c1-5(13)4-16-9-7(11)2-6(10(14)15)3-8(9)12/h2-3,5,13H,4H2,1H3,(H,14,15). The number of benzene rings is 1. The third kappa shape index (κ3) is 2.90. The molecule has 0 aliphatic carbocycles. The summed E-state index contributed by atoms with van der Waals surface area (Å²) >= 11 is 0. The van der Waals surface area contributed by atoms with Crippen molar-refractivity contribution < 1.29 is 28.5 Å². The Bertz CT molecular complexity index is 381. The third-order valence-electron chi connectivity index (χ3n) is 1.71. The van der Waals surface area contributed by atoms with E-state index in [-0.39, 0.29) is 6.61 Å². The summed E-state index contributed by atoms with van der Waals surface area (Å²) in [5.41, 5.74) is -0.501. The van der Waals surface area contributed by atoms with Crippen molar-refractivity contribution in [2.45, 2.75) is 13.0 Å². The predicted molar refractivity (Wildman–Crippen MR) is 50.5 cm³/mol. The Labute approximate surface area is 90.1 Å². The lowest BCUT2D eigenvalue weighted by Gasteiger charge is -2.10.